The van der Waals surface area contributed by atoms with Gasteiger partial charge >= 0.3 is 5.97 Å². The Morgan fingerprint density at radius 3 is 2.38 bits per heavy atom. The van der Waals surface area contributed by atoms with E-state index in [0.29, 0.717) is 0 Å². The van der Waals surface area contributed by atoms with E-state index in [0.717, 1.165) is 19.3 Å². The third kappa shape index (κ3) is 0.804. The van der Waals surface area contributed by atoms with Crippen molar-refractivity contribution in [1.29, 1.82) is 0 Å². The van der Waals surface area contributed by atoms with Crippen molar-refractivity contribution in [2.24, 2.45) is 5.92 Å². The molecule has 3 heteroatoms. The van der Waals surface area contributed by atoms with Gasteiger partial charge in [0.1, 0.15) is 0 Å². The minimum Gasteiger partial charge on any atom is -0.255 e. The van der Waals surface area contributed by atoms with Crippen molar-refractivity contribution >= 4 is 5.97 Å². The molecule has 1 fully saturated rings. The first-order valence-corrected chi connectivity index (χ1v) is 2.67. The fourth-order valence-corrected chi connectivity index (χ4v) is 0.707. The highest BCUT2D eigenvalue weighted by atomic mass is 19.3. The lowest BCUT2D eigenvalue weighted by atomic mass is 9.86. The zero-order valence-electron chi connectivity index (χ0n) is 4.39. The lowest BCUT2D eigenvalue weighted by Crippen LogP contribution is -2.21. The quantitative estimate of drug-likeness (QED) is 0.517. The van der Waals surface area contributed by atoms with E-state index < -0.39 is 5.97 Å². The molecule has 1 aliphatic rings. The first-order chi connectivity index (χ1) is 3.84. The van der Waals surface area contributed by atoms with Crippen molar-refractivity contribution in [3.63, 3.8) is 0 Å². The molecule has 0 unspecified atom stereocenters. The second-order valence-electron chi connectivity index (χ2n) is 2.02. The summed E-state index contributed by atoms with van der Waals surface area (Å²) >= 11 is 0. The summed E-state index contributed by atoms with van der Waals surface area (Å²) < 4.78 is 11.0. The van der Waals surface area contributed by atoms with Gasteiger partial charge in [-0.3, -0.25) is 4.94 Å². The maximum absolute atomic E-state index is 11.0. The van der Waals surface area contributed by atoms with Crippen LogP contribution >= 0.6 is 0 Å². The van der Waals surface area contributed by atoms with Crippen molar-refractivity contribution < 1.29 is 14.3 Å². The van der Waals surface area contributed by atoms with Gasteiger partial charge in [-0.15, -0.1) is 0 Å². The van der Waals surface area contributed by atoms with Crippen molar-refractivity contribution in [3.8, 4) is 0 Å². The van der Waals surface area contributed by atoms with Crippen LogP contribution in [0.15, 0.2) is 0 Å². The molecule has 0 N–H and O–H groups in total. The van der Waals surface area contributed by atoms with E-state index >= 15 is 0 Å². The number of hydrogen-bond donors (Lipinski definition) is 0. The van der Waals surface area contributed by atoms with Gasteiger partial charge in [-0.1, -0.05) is 6.42 Å². The van der Waals surface area contributed by atoms with Gasteiger partial charge in [0.25, 0.3) is 0 Å². The van der Waals surface area contributed by atoms with Gasteiger partial charge < -0.3 is 0 Å². The molecule has 0 aromatic carbocycles. The average molecular weight is 118 g/mol. The summed E-state index contributed by atoms with van der Waals surface area (Å²) in [5, 5.41) is 0. The Balaban J connectivity index is 2.24. The van der Waals surface area contributed by atoms with Crippen LogP contribution in [-0.2, 0) is 9.74 Å². The highest BCUT2D eigenvalue weighted by Crippen LogP contribution is 2.27. The maximum atomic E-state index is 11.0. The first kappa shape index (κ1) is 5.54. The molecule has 1 saturated carbocycles. The molecule has 0 amide bonds. The van der Waals surface area contributed by atoms with E-state index in [-0.39, 0.29) is 5.92 Å². The Bertz CT molecular complexity index is 98.6. The van der Waals surface area contributed by atoms with Gasteiger partial charge in [0.15, 0.2) is 0 Å². The van der Waals surface area contributed by atoms with Crippen LogP contribution in [0.3, 0.4) is 0 Å². The van der Waals surface area contributed by atoms with Gasteiger partial charge in [-0.2, -0.15) is 0 Å². The number of carbonyl (C=O) groups excluding carboxylic acids is 1. The molecule has 0 aromatic rings. The van der Waals surface area contributed by atoms with Crippen LogP contribution < -0.4 is 0 Å². The fourth-order valence-electron chi connectivity index (χ4n) is 0.707. The Morgan fingerprint density at radius 1 is 1.62 bits per heavy atom. The van der Waals surface area contributed by atoms with Gasteiger partial charge in [-0.25, -0.2) is 4.79 Å². The molecule has 0 heterocycles. The molecule has 0 atom stereocenters. The maximum Gasteiger partial charge on any atom is 0.351 e. The summed E-state index contributed by atoms with van der Waals surface area (Å²) in [7, 11) is 0. The molecule has 2 nitrogen and oxygen atoms in total. The van der Waals surface area contributed by atoms with Crippen LogP contribution in [0.4, 0.5) is 4.53 Å². The number of hydrogen-bond acceptors (Lipinski definition) is 2. The smallest absolute Gasteiger partial charge is 0.255 e. The van der Waals surface area contributed by atoms with Crippen LogP contribution in [0.1, 0.15) is 19.3 Å². The molecule has 0 aromatic heterocycles. The van der Waals surface area contributed by atoms with Crippen LogP contribution in [-0.4, -0.2) is 5.97 Å². The summed E-state index contributed by atoms with van der Waals surface area (Å²) in [5.74, 6) is -0.837. The summed E-state index contributed by atoms with van der Waals surface area (Å²) in [6, 6.07) is 0. The number of rotatable bonds is 1. The fraction of sp³-hybridized carbons (Fsp3) is 0.800. The second-order valence-corrected chi connectivity index (χ2v) is 2.02. The molecular formula is C5H7FO2. The van der Waals surface area contributed by atoms with E-state index in [9.17, 15) is 9.32 Å². The van der Waals surface area contributed by atoms with E-state index in [1.54, 1.807) is 0 Å². The molecule has 8 heavy (non-hydrogen) atoms. The zero-order chi connectivity index (χ0) is 5.98. The highest BCUT2D eigenvalue weighted by Gasteiger charge is 2.27. The van der Waals surface area contributed by atoms with E-state index in [4.69, 9.17) is 0 Å². The monoisotopic (exact) mass is 118 g/mol. The van der Waals surface area contributed by atoms with Crippen molar-refractivity contribution in [2.45, 2.75) is 19.3 Å². The molecule has 0 saturated heterocycles. The summed E-state index contributed by atoms with van der Waals surface area (Å²) in [5.41, 5.74) is 0. The topological polar surface area (TPSA) is 26.3 Å². The highest BCUT2D eigenvalue weighted by molar-refractivity contribution is 5.72. The molecule has 0 radical (unpaired) electrons. The normalized spacial score (nSPS) is 19.6. The molecular weight excluding hydrogens is 111 g/mol. The third-order valence-electron chi connectivity index (χ3n) is 1.51. The van der Waals surface area contributed by atoms with Gasteiger partial charge in [0.2, 0.25) is 0 Å². The predicted molar refractivity (Wildman–Crippen MR) is 24.5 cm³/mol. The summed E-state index contributed by atoms with van der Waals surface area (Å²) in [6.07, 6.45) is 2.62. The first-order valence-electron chi connectivity index (χ1n) is 2.67. The second kappa shape index (κ2) is 2.11. The van der Waals surface area contributed by atoms with Crippen LogP contribution in [0.2, 0.25) is 0 Å². The van der Waals surface area contributed by atoms with Crippen molar-refractivity contribution in [1.82, 2.24) is 0 Å². The molecule has 1 rings (SSSR count). The lowest BCUT2D eigenvalue weighted by molar-refractivity contribution is -0.192. The van der Waals surface area contributed by atoms with Gasteiger partial charge in [0.05, 0.1) is 5.92 Å². The molecule has 46 valence electrons. The van der Waals surface area contributed by atoms with Crippen LogP contribution in [0.5, 0.6) is 0 Å². The summed E-state index contributed by atoms with van der Waals surface area (Å²) in [6.45, 7) is 0. The minimum atomic E-state index is -0.698. The van der Waals surface area contributed by atoms with Gasteiger partial charge in [0, 0.05) is 4.53 Å². The van der Waals surface area contributed by atoms with Crippen molar-refractivity contribution in [3.05, 3.63) is 0 Å². The van der Waals surface area contributed by atoms with E-state index in [1.807, 2.05) is 0 Å². The third-order valence-corrected chi connectivity index (χ3v) is 1.51. The van der Waals surface area contributed by atoms with E-state index in [1.165, 1.54) is 0 Å². The average Bonchev–Trinajstić information content (AvgIpc) is 1.62. The molecule has 0 spiro atoms. The lowest BCUT2D eigenvalue weighted by Gasteiger charge is -2.19. The Kier molecular flexibility index (Phi) is 1.46. The van der Waals surface area contributed by atoms with Crippen LogP contribution in [0, 0.1) is 5.92 Å². The molecule has 1 aliphatic carbocycles. The zero-order valence-corrected chi connectivity index (χ0v) is 4.39. The van der Waals surface area contributed by atoms with Crippen molar-refractivity contribution in [2.75, 3.05) is 0 Å². The molecule has 0 aliphatic heterocycles. The van der Waals surface area contributed by atoms with E-state index in [2.05, 4.69) is 4.94 Å². The summed E-state index contributed by atoms with van der Waals surface area (Å²) in [4.78, 5) is 13.2. The van der Waals surface area contributed by atoms with Crippen LogP contribution in [0.25, 0.3) is 0 Å². The minimum absolute atomic E-state index is 0.139. The Labute approximate surface area is 46.5 Å². The Hall–Kier alpha value is -0.600. The predicted octanol–water partition coefficient (Wildman–Crippen LogP) is 1.21. The standard InChI is InChI=1S/C5H7FO2/c6-8-5(7)4-2-1-3-4/h4H,1-3H2. The number of halogens is 1. The van der Waals surface area contributed by atoms with Gasteiger partial charge in [-0.05, 0) is 12.8 Å². The largest absolute Gasteiger partial charge is 0.351 e. The molecule has 0 bridgehead atoms. The SMILES string of the molecule is O=C(OF)C1CCC1. The Morgan fingerprint density at radius 2 is 2.25 bits per heavy atom. The number of carbonyl (C=O) groups is 1.